The van der Waals surface area contributed by atoms with Crippen molar-refractivity contribution in [2.75, 3.05) is 13.1 Å². The Morgan fingerprint density at radius 2 is 2.00 bits per heavy atom. The standard InChI is InChI=1S/C19H22N6O2/c1-14-16(12-21-25(14)17-8-9-18(26)23-22-17)19(27)24(11-5-10-20)13-15-6-3-2-4-7-15/h2-4,6-9,12H,5,10-11,13,20H2,1H3,(H,23,26). The Labute approximate surface area is 156 Å². The van der Waals surface area contributed by atoms with Crippen LogP contribution < -0.4 is 11.3 Å². The van der Waals surface area contributed by atoms with Crippen LogP contribution in [0.3, 0.4) is 0 Å². The van der Waals surface area contributed by atoms with Crippen LogP contribution in [0, 0.1) is 6.92 Å². The molecule has 0 bridgehead atoms. The second-order valence-corrected chi connectivity index (χ2v) is 6.19. The molecule has 0 saturated heterocycles. The summed E-state index contributed by atoms with van der Waals surface area (Å²) in [5.41, 5.74) is 7.55. The molecule has 1 aromatic carbocycles. The number of H-pyrrole nitrogens is 1. The lowest BCUT2D eigenvalue weighted by Gasteiger charge is -2.22. The molecule has 27 heavy (non-hydrogen) atoms. The van der Waals surface area contributed by atoms with Crippen molar-refractivity contribution in [3.05, 3.63) is 75.8 Å². The van der Waals surface area contributed by atoms with Gasteiger partial charge in [-0.2, -0.15) is 10.2 Å². The molecule has 0 saturated carbocycles. The first kappa shape index (κ1) is 18.5. The molecule has 0 aliphatic rings. The first-order valence-electron chi connectivity index (χ1n) is 8.74. The van der Waals surface area contributed by atoms with Gasteiger partial charge in [-0.3, -0.25) is 9.59 Å². The number of carbonyl (C=O) groups excluding carboxylic acids is 1. The minimum absolute atomic E-state index is 0.111. The van der Waals surface area contributed by atoms with E-state index in [9.17, 15) is 9.59 Å². The Hall–Kier alpha value is -3.26. The first-order valence-corrected chi connectivity index (χ1v) is 8.74. The quantitative estimate of drug-likeness (QED) is 0.654. The van der Waals surface area contributed by atoms with E-state index in [-0.39, 0.29) is 11.5 Å². The molecule has 0 spiro atoms. The third-order valence-corrected chi connectivity index (χ3v) is 4.26. The minimum atomic E-state index is -0.296. The van der Waals surface area contributed by atoms with Gasteiger partial charge in [0.1, 0.15) is 0 Å². The fraction of sp³-hybridized carbons (Fsp3) is 0.263. The highest BCUT2D eigenvalue weighted by molar-refractivity contribution is 5.95. The van der Waals surface area contributed by atoms with Crippen molar-refractivity contribution >= 4 is 5.91 Å². The number of nitrogens with two attached hydrogens (primary N) is 1. The van der Waals surface area contributed by atoms with Crippen LogP contribution in [-0.2, 0) is 6.54 Å². The van der Waals surface area contributed by atoms with Gasteiger partial charge in [0.2, 0.25) is 0 Å². The van der Waals surface area contributed by atoms with Gasteiger partial charge in [0, 0.05) is 19.2 Å². The number of carbonyl (C=O) groups is 1. The number of benzene rings is 1. The van der Waals surface area contributed by atoms with Crippen LogP contribution in [-0.4, -0.2) is 43.9 Å². The summed E-state index contributed by atoms with van der Waals surface area (Å²) < 4.78 is 1.53. The fourth-order valence-corrected chi connectivity index (χ4v) is 2.81. The monoisotopic (exact) mass is 366 g/mol. The normalized spacial score (nSPS) is 10.7. The number of aromatic nitrogens is 4. The first-order chi connectivity index (χ1) is 13.1. The summed E-state index contributed by atoms with van der Waals surface area (Å²) in [5.74, 6) is 0.336. The van der Waals surface area contributed by atoms with Gasteiger partial charge in [-0.1, -0.05) is 30.3 Å². The van der Waals surface area contributed by atoms with Crippen molar-refractivity contribution in [2.24, 2.45) is 5.73 Å². The van der Waals surface area contributed by atoms with Gasteiger partial charge < -0.3 is 10.6 Å². The summed E-state index contributed by atoms with van der Waals surface area (Å²) in [7, 11) is 0. The summed E-state index contributed by atoms with van der Waals surface area (Å²) in [5, 5.41) is 10.6. The molecule has 8 heteroatoms. The van der Waals surface area contributed by atoms with E-state index in [0.717, 1.165) is 5.56 Å². The summed E-state index contributed by atoms with van der Waals surface area (Å²) in [6.45, 7) is 3.38. The number of hydrogen-bond donors (Lipinski definition) is 2. The fourth-order valence-electron chi connectivity index (χ4n) is 2.81. The third kappa shape index (κ3) is 4.29. The van der Waals surface area contributed by atoms with Gasteiger partial charge in [-0.25, -0.2) is 9.78 Å². The van der Waals surface area contributed by atoms with Gasteiger partial charge in [-0.15, -0.1) is 0 Å². The van der Waals surface area contributed by atoms with Crippen LogP contribution in [0.25, 0.3) is 5.82 Å². The van der Waals surface area contributed by atoms with E-state index in [1.807, 2.05) is 30.3 Å². The number of nitrogens with one attached hydrogen (secondary N) is 1. The van der Waals surface area contributed by atoms with Crippen molar-refractivity contribution in [3.63, 3.8) is 0 Å². The van der Waals surface area contributed by atoms with Gasteiger partial charge >= 0.3 is 0 Å². The number of nitrogens with zero attached hydrogens (tertiary/aromatic N) is 4. The predicted octanol–water partition coefficient (Wildman–Crippen LogP) is 1.26. The topological polar surface area (TPSA) is 110 Å². The van der Waals surface area contributed by atoms with Crippen molar-refractivity contribution in [3.8, 4) is 5.82 Å². The van der Waals surface area contributed by atoms with Crippen molar-refractivity contribution < 1.29 is 4.79 Å². The molecule has 3 N–H and O–H groups in total. The maximum absolute atomic E-state index is 13.1. The maximum Gasteiger partial charge on any atom is 0.264 e. The minimum Gasteiger partial charge on any atom is -0.334 e. The Kier molecular flexibility index (Phi) is 5.77. The molecule has 8 nitrogen and oxygen atoms in total. The molecular formula is C19H22N6O2. The van der Waals surface area contributed by atoms with Crippen molar-refractivity contribution in [1.82, 2.24) is 24.9 Å². The molecule has 0 aliphatic heterocycles. The van der Waals surface area contributed by atoms with Crippen molar-refractivity contribution in [2.45, 2.75) is 19.9 Å². The molecule has 1 amide bonds. The maximum atomic E-state index is 13.1. The van der Waals surface area contributed by atoms with Crippen LogP contribution in [0.15, 0.2) is 53.5 Å². The van der Waals surface area contributed by atoms with Gasteiger partial charge in [0.15, 0.2) is 5.82 Å². The lowest BCUT2D eigenvalue weighted by molar-refractivity contribution is 0.0741. The molecule has 0 aliphatic carbocycles. The number of rotatable bonds is 7. The zero-order chi connectivity index (χ0) is 19.2. The molecule has 0 atom stereocenters. The van der Waals surface area contributed by atoms with Gasteiger partial charge in [-0.05, 0) is 31.5 Å². The van der Waals surface area contributed by atoms with Crippen LogP contribution in [0.4, 0.5) is 0 Å². The Balaban J connectivity index is 1.87. The molecule has 0 unspecified atom stereocenters. The highest BCUT2D eigenvalue weighted by Gasteiger charge is 2.21. The molecule has 0 fully saturated rings. The molecule has 2 heterocycles. The smallest absolute Gasteiger partial charge is 0.264 e. The molecule has 3 rings (SSSR count). The predicted molar refractivity (Wildman–Crippen MR) is 102 cm³/mol. The highest BCUT2D eigenvalue weighted by atomic mass is 16.2. The summed E-state index contributed by atoms with van der Waals surface area (Å²) >= 11 is 0. The van der Waals surface area contributed by atoms with Crippen molar-refractivity contribution in [1.29, 1.82) is 0 Å². The molecule has 2 aromatic heterocycles. The second-order valence-electron chi connectivity index (χ2n) is 6.19. The zero-order valence-corrected chi connectivity index (χ0v) is 15.1. The summed E-state index contributed by atoms with van der Waals surface area (Å²) in [4.78, 5) is 26.1. The average molecular weight is 366 g/mol. The number of aromatic amines is 1. The Morgan fingerprint density at radius 3 is 2.67 bits per heavy atom. The van der Waals surface area contributed by atoms with E-state index in [4.69, 9.17) is 5.73 Å². The summed E-state index contributed by atoms with van der Waals surface area (Å²) in [6, 6.07) is 12.8. The SMILES string of the molecule is Cc1c(C(=O)N(CCCN)Cc2ccccc2)cnn1-c1ccc(=O)[nH]n1. The summed E-state index contributed by atoms with van der Waals surface area (Å²) in [6.07, 6.45) is 2.25. The van der Waals surface area contributed by atoms with Crippen LogP contribution in [0.1, 0.15) is 28.0 Å². The highest BCUT2D eigenvalue weighted by Crippen LogP contribution is 2.16. The average Bonchev–Trinajstić information content (AvgIpc) is 3.07. The molecule has 0 radical (unpaired) electrons. The van der Waals surface area contributed by atoms with Gasteiger partial charge in [0.05, 0.1) is 17.5 Å². The zero-order valence-electron chi connectivity index (χ0n) is 15.1. The Bertz CT molecular complexity index is 943. The molecular weight excluding hydrogens is 344 g/mol. The number of amides is 1. The lowest BCUT2D eigenvalue weighted by Crippen LogP contribution is -2.32. The van der Waals surface area contributed by atoms with E-state index < -0.39 is 0 Å². The largest absolute Gasteiger partial charge is 0.334 e. The second kappa shape index (κ2) is 8.41. The third-order valence-electron chi connectivity index (χ3n) is 4.26. The van der Waals surface area contributed by atoms with E-state index in [2.05, 4.69) is 15.3 Å². The van der Waals surface area contributed by atoms with E-state index >= 15 is 0 Å². The van der Waals surface area contributed by atoms with Crippen LogP contribution in [0.5, 0.6) is 0 Å². The van der Waals surface area contributed by atoms with Crippen LogP contribution in [0.2, 0.25) is 0 Å². The van der Waals surface area contributed by atoms with E-state index in [0.29, 0.717) is 43.1 Å². The molecule has 3 aromatic rings. The molecule has 140 valence electrons. The Morgan fingerprint density at radius 1 is 1.22 bits per heavy atom. The van der Waals surface area contributed by atoms with E-state index in [1.165, 1.54) is 16.9 Å². The number of hydrogen-bond acceptors (Lipinski definition) is 5. The van der Waals surface area contributed by atoms with Gasteiger partial charge in [0.25, 0.3) is 11.5 Å². The van der Waals surface area contributed by atoms with Crippen LogP contribution >= 0.6 is 0 Å². The van der Waals surface area contributed by atoms with E-state index in [1.54, 1.807) is 17.9 Å². The lowest BCUT2D eigenvalue weighted by atomic mass is 10.1.